The molecule has 0 saturated heterocycles. The second-order valence-electron chi connectivity index (χ2n) is 4.23. The topological polar surface area (TPSA) is 75.6 Å². The van der Waals surface area contributed by atoms with Crippen LogP contribution in [-0.4, -0.2) is 24.1 Å². The van der Waals surface area contributed by atoms with E-state index in [2.05, 4.69) is 10.1 Å². The summed E-state index contributed by atoms with van der Waals surface area (Å²) < 4.78 is 4.67. The Hall–Kier alpha value is -2.05. The maximum atomic E-state index is 12.2. The first-order valence-electron chi connectivity index (χ1n) is 5.90. The molecule has 2 N–H and O–H groups in total. The van der Waals surface area contributed by atoms with E-state index in [-0.39, 0.29) is 11.3 Å². The number of thiophene rings is 1. The quantitative estimate of drug-likeness (QED) is 0.847. The Morgan fingerprint density at radius 3 is 2.76 bits per heavy atom. The highest BCUT2D eigenvalue weighted by atomic mass is 35.5. The highest BCUT2D eigenvalue weighted by Gasteiger charge is 2.20. The summed E-state index contributed by atoms with van der Waals surface area (Å²) in [5.41, 5.74) is 1.13. The number of esters is 1. The smallest absolute Gasteiger partial charge is 0.350 e. The molecule has 0 unspecified atom stereocenters. The minimum absolute atomic E-state index is 0.0314. The molecule has 0 saturated carbocycles. The van der Waals surface area contributed by atoms with Gasteiger partial charge in [0.25, 0.3) is 5.91 Å². The summed E-state index contributed by atoms with van der Waals surface area (Å²) in [6.07, 6.45) is 0. The summed E-state index contributed by atoms with van der Waals surface area (Å²) in [6.45, 7) is 1.76. The second kappa shape index (κ2) is 6.15. The largest absolute Gasteiger partial charge is 0.507 e. The van der Waals surface area contributed by atoms with Crippen molar-refractivity contribution in [3.8, 4) is 5.75 Å². The first-order chi connectivity index (χ1) is 9.93. The lowest BCUT2D eigenvalue weighted by Gasteiger charge is -2.09. The molecule has 0 aliphatic rings. The molecule has 1 aromatic carbocycles. The average Bonchev–Trinajstić information content (AvgIpc) is 2.82. The van der Waals surface area contributed by atoms with Crippen LogP contribution in [0.3, 0.4) is 0 Å². The van der Waals surface area contributed by atoms with Gasteiger partial charge in [-0.25, -0.2) is 4.79 Å². The third-order valence-electron chi connectivity index (χ3n) is 2.79. The molecule has 0 aliphatic heterocycles. The van der Waals surface area contributed by atoms with Crippen LogP contribution in [0.25, 0.3) is 0 Å². The van der Waals surface area contributed by atoms with E-state index in [4.69, 9.17) is 11.6 Å². The fraction of sp³-hybridized carbons (Fsp3) is 0.143. The Labute approximate surface area is 130 Å². The molecule has 5 nitrogen and oxygen atoms in total. The van der Waals surface area contributed by atoms with E-state index in [1.165, 1.54) is 36.6 Å². The zero-order valence-corrected chi connectivity index (χ0v) is 12.8. The van der Waals surface area contributed by atoms with Gasteiger partial charge in [-0.2, -0.15) is 0 Å². The Morgan fingerprint density at radius 2 is 2.10 bits per heavy atom. The van der Waals surface area contributed by atoms with Gasteiger partial charge in [0.1, 0.15) is 10.6 Å². The van der Waals surface area contributed by atoms with Crippen LogP contribution in [0, 0.1) is 6.92 Å². The van der Waals surface area contributed by atoms with Gasteiger partial charge >= 0.3 is 5.97 Å². The van der Waals surface area contributed by atoms with Crippen molar-refractivity contribution in [3.05, 3.63) is 44.6 Å². The number of phenolic OH excluding ortho intramolecular Hbond substituents is 1. The van der Waals surface area contributed by atoms with Crippen molar-refractivity contribution in [2.24, 2.45) is 0 Å². The van der Waals surface area contributed by atoms with Crippen LogP contribution in [0.5, 0.6) is 5.75 Å². The van der Waals surface area contributed by atoms with Crippen LogP contribution in [0.15, 0.2) is 23.6 Å². The SMILES string of the molecule is COC(=O)c1scc(C)c1NC(=O)c1cc(Cl)ccc1O. The molecule has 7 heteroatoms. The molecular formula is C14H12ClNO4S. The van der Waals surface area contributed by atoms with Crippen molar-refractivity contribution >= 4 is 40.5 Å². The number of aromatic hydroxyl groups is 1. The summed E-state index contributed by atoms with van der Waals surface area (Å²) in [4.78, 5) is 24.2. The third kappa shape index (κ3) is 3.17. The molecule has 1 heterocycles. The van der Waals surface area contributed by atoms with E-state index in [9.17, 15) is 14.7 Å². The predicted octanol–water partition coefficient (Wildman–Crippen LogP) is 3.45. The summed E-state index contributed by atoms with van der Waals surface area (Å²) in [5.74, 6) is -1.27. The molecule has 0 spiro atoms. The minimum atomic E-state index is -0.554. The monoisotopic (exact) mass is 325 g/mol. The number of hydrogen-bond donors (Lipinski definition) is 2. The molecule has 0 bridgehead atoms. The van der Waals surface area contributed by atoms with Crippen LogP contribution in [0.2, 0.25) is 5.02 Å². The van der Waals surface area contributed by atoms with Crippen molar-refractivity contribution in [1.82, 2.24) is 0 Å². The van der Waals surface area contributed by atoms with Crippen molar-refractivity contribution in [1.29, 1.82) is 0 Å². The van der Waals surface area contributed by atoms with E-state index in [0.29, 0.717) is 15.6 Å². The number of benzene rings is 1. The summed E-state index contributed by atoms with van der Waals surface area (Å²) in [5, 5.41) is 14.4. The first kappa shape index (κ1) is 15.3. The lowest BCUT2D eigenvalue weighted by molar-refractivity contribution is 0.0607. The van der Waals surface area contributed by atoms with Crippen molar-refractivity contribution in [2.75, 3.05) is 12.4 Å². The maximum absolute atomic E-state index is 12.2. The Kier molecular flexibility index (Phi) is 4.50. The summed E-state index contributed by atoms with van der Waals surface area (Å²) >= 11 is 6.99. The number of rotatable bonds is 3. The van der Waals surface area contributed by atoms with E-state index >= 15 is 0 Å². The Balaban J connectivity index is 2.34. The van der Waals surface area contributed by atoms with Gasteiger partial charge in [-0.1, -0.05) is 11.6 Å². The molecule has 2 rings (SSSR count). The van der Waals surface area contributed by atoms with Crippen LogP contribution in [-0.2, 0) is 4.74 Å². The van der Waals surface area contributed by atoms with Gasteiger partial charge in [0.2, 0.25) is 0 Å². The zero-order valence-electron chi connectivity index (χ0n) is 11.3. The average molecular weight is 326 g/mol. The first-order valence-corrected chi connectivity index (χ1v) is 7.16. The number of phenols is 1. The van der Waals surface area contributed by atoms with E-state index < -0.39 is 11.9 Å². The molecular weight excluding hydrogens is 314 g/mol. The van der Waals surface area contributed by atoms with Crippen molar-refractivity contribution in [3.63, 3.8) is 0 Å². The lowest BCUT2D eigenvalue weighted by Crippen LogP contribution is -2.15. The number of amides is 1. The number of carbonyl (C=O) groups excluding carboxylic acids is 2. The van der Waals surface area contributed by atoms with Crippen LogP contribution in [0.4, 0.5) is 5.69 Å². The number of anilines is 1. The minimum Gasteiger partial charge on any atom is -0.507 e. The van der Waals surface area contributed by atoms with Gasteiger partial charge in [0.05, 0.1) is 18.4 Å². The molecule has 1 amide bonds. The number of methoxy groups -OCH3 is 1. The number of halogens is 1. The second-order valence-corrected chi connectivity index (χ2v) is 5.55. The molecule has 0 fully saturated rings. The number of ether oxygens (including phenoxy) is 1. The molecule has 21 heavy (non-hydrogen) atoms. The molecule has 0 aliphatic carbocycles. The lowest BCUT2D eigenvalue weighted by atomic mass is 10.1. The standard InChI is InChI=1S/C14H12ClNO4S/c1-7-6-21-12(14(19)20-2)11(7)16-13(18)9-5-8(15)3-4-10(9)17/h3-6,17H,1-2H3,(H,16,18). The molecule has 1 aromatic heterocycles. The summed E-state index contributed by atoms with van der Waals surface area (Å²) in [6, 6.07) is 4.16. The van der Waals surface area contributed by atoms with E-state index in [0.717, 1.165) is 5.56 Å². The van der Waals surface area contributed by atoms with E-state index in [1.54, 1.807) is 12.3 Å². The van der Waals surface area contributed by atoms with E-state index in [1.807, 2.05) is 0 Å². The highest BCUT2D eigenvalue weighted by molar-refractivity contribution is 7.12. The molecule has 0 atom stereocenters. The van der Waals surface area contributed by atoms with Crippen molar-refractivity contribution < 1.29 is 19.4 Å². The molecule has 110 valence electrons. The number of carbonyl (C=O) groups is 2. The van der Waals surface area contributed by atoms with Crippen LogP contribution in [0.1, 0.15) is 25.6 Å². The van der Waals surface area contributed by atoms with Gasteiger partial charge in [-0.05, 0) is 36.1 Å². The van der Waals surface area contributed by atoms with Gasteiger partial charge in [-0.3, -0.25) is 4.79 Å². The van der Waals surface area contributed by atoms with Crippen molar-refractivity contribution in [2.45, 2.75) is 6.92 Å². The fourth-order valence-electron chi connectivity index (χ4n) is 1.71. The van der Waals surface area contributed by atoms with Crippen LogP contribution < -0.4 is 5.32 Å². The third-order valence-corrected chi connectivity index (χ3v) is 4.10. The molecule has 0 radical (unpaired) electrons. The number of hydrogen-bond acceptors (Lipinski definition) is 5. The zero-order chi connectivity index (χ0) is 15.6. The fourth-order valence-corrected chi connectivity index (χ4v) is 2.81. The Bertz CT molecular complexity index is 711. The predicted molar refractivity (Wildman–Crippen MR) is 81.5 cm³/mol. The highest BCUT2D eigenvalue weighted by Crippen LogP contribution is 2.30. The van der Waals surface area contributed by atoms with Gasteiger partial charge < -0.3 is 15.2 Å². The maximum Gasteiger partial charge on any atom is 0.350 e. The molecule has 2 aromatic rings. The number of nitrogens with one attached hydrogen (secondary N) is 1. The normalized spacial score (nSPS) is 10.2. The van der Waals surface area contributed by atoms with Gasteiger partial charge in [0, 0.05) is 5.02 Å². The van der Waals surface area contributed by atoms with Gasteiger partial charge in [-0.15, -0.1) is 11.3 Å². The number of aryl methyl sites for hydroxylation is 1. The van der Waals surface area contributed by atoms with Crippen LogP contribution >= 0.6 is 22.9 Å². The van der Waals surface area contributed by atoms with Gasteiger partial charge in [0.15, 0.2) is 0 Å². The Morgan fingerprint density at radius 1 is 1.38 bits per heavy atom. The summed E-state index contributed by atoms with van der Waals surface area (Å²) in [7, 11) is 1.27.